The number of ether oxygens (including phenoxy) is 4. The van der Waals surface area contributed by atoms with E-state index in [1.54, 1.807) is 6.07 Å². The summed E-state index contributed by atoms with van der Waals surface area (Å²) in [4.78, 5) is 45.1. The molecule has 36 heavy (non-hydrogen) atoms. The minimum absolute atomic E-state index is 0.153. The van der Waals surface area contributed by atoms with Gasteiger partial charge >= 0.3 is 23.8 Å². The number of hydrogen-bond donors (Lipinski definition) is 4. The van der Waals surface area contributed by atoms with Crippen LogP contribution in [0.4, 0.5) is 0 Å². The second-order valence-electron chi connectivity index (χ2n) is 6.58. The lowest BCUT2D eigenvalue weighted by atomic mass is 10.2. The van der Waals surface area contributed by atoms with Gasteiger partial charge < -0.3 is 29.2 Å². The number of hydrazone groups is 2. The number of aliphatic carboxylic acids is 2. The lowest BCUT2D eigenvalue weighted by Crippen LogP contribution is -2.35. The van der Waals surface area contributed by atoms with Crippen molar-refractivity contribution in [2.45, 2.75) is 0 Å². The van der Waals surface area contributed by atoms with Gasteiger partial charge in [-0.1, -0.05) is 0 Å². The van der Waals surface area contributed by atoms with Gasteiger partial charge in [0.15, 0.2) is 36.2 Å². The molecular weight excluding hydrogens is 480 g/mol. The number of rotatable bonds is 12. The van der Waals surface area contributed by atoms with E-state index in [1.807, 2.05) is 10.9 Å². The number of carboxylic acids is 2. The molecule has 0 fully saturated rings. The number of carboxylic acid groups (broad SMARTS) is 2. The molecule has 0 heterocycles. The highest BCUT2D eigenvalue weighted by Gasteiger charge is 2.12. The van der Waals surface area contributed by atoms with E-state index in [0.717, 1.165) is 0 Å². The van der Waals surface area contributed by atoms with Crippen molar-refractivity contribution in [2.75, 3.05) is 27.4 Å². The monoisotopic (exact) mass is 502 g/mol. The van der Waals surface area contributed by atoms with Gasteiger partial charge in [-0.25, -0.2) is 20.4 Å². The van der Waals surface area contributed by atoms with Crippen LogP contribution >= 0.6 is 0 Å². The van der Waals surface area contributed by atoms with Crippen molar-refractivity contribution in [1.82, 2.24) is 10.9 Å². The molecule has 0 spiro atoms. The highest BCUT2D eigenvalue weighted by Crippen LogP contribution is 2.28. The maximum absolute atomic E-state index is 11.9. The van der Waals surface area contributed by atoms with Crippen molar-refractivity contribution in [3.8, 4) is 23.0 Å². The van der Waals surface area contributed by atoms with E-state index in [4.69, 9.17) is 29.2 Å². The van der Waals surface area contributed by atoms with Gasteiger partial charge in [-0.3, -0.25) is 9.59 Å². The maximum atomic E-state index is 11.9. The lowest BCUT2D eigenvalue weighted by molar-refractivity contribution is -0.140. The van der Waals surface area contributed by atoms with Crippen LogP contribution in [0.3, 0.4) is 0 Å². The summed E-state index contributed by atoms with van der Waals surface area (Å²) >= 11 is 0. The van der Waals surface area contributed by atoms with Crippen LogP contribution in [0.25, 0.3) is 0 Å². The Balaban J connectivity index is 1.92. The zero-order chi connectivity index (χ0) is 26.5. The van der Waals surface area contributed by atoms with Crippen molar-refractivity contribution in [2.24, 2.45) is 10.2 Å². The number of amides is 2. The van der Waals surface area contributed by atoms with Crippen LogP contribution in [0, 0.1) is 0 Å². The molecule has 2 amide bonds. The predicted molar refractivity (Wildman–Crippen MR) is 124 cm³/mol. The summed E-state index contributed by atoms with van der Waals surface area (Å²) in [6, 6.07) is 9.00. The first kappa shape index (κ1) is 27.1. The average Bonchev–Trinajstić information content (AvgIpc) is 2.86. The molecule has 0 aromatic heterocycles. The SMILES string of the molecule is COc1cc(/C=N/NC(=O)C(=O)N/N=C\c2ccc(OC)c(OCC(=O)O)c2)ccc1OCC(=O)O. The minimum Gasteiger partial charge on any atom is -0.493 e. The molecule has 2 rings (SSSR count). The van der Waals surface area contributed by atoms with Gasteiger partial charge in [0.2, 0.25) is 0 Å². The number of nitrogens with one attached hydrogen (secondary N) is 2. The third-order valence-corrected chi connectivity index (χ3v) is 4.04. The number of carbonyl (C=O) groups is 4. The molecule has 0 aliphatic heterocycles. The number of nitrogens with zero attached hydrogens (tertiary/aromatic N) is 2. The largest absolute Gasteiger partial charge is 0.493 e. The van der Waals surface area contributed by atoms with E-state index in [-0.39, 0.29) is 17.2 Å². The quantitative estimate of drug-likeness (QED) is 0.177. The molecule has 0 aliphatic rings. The van der Waals surface area contributed by atoms with Crippen molar-refractivity contribution in [3.05, 3.63) is 47.5 Å². The second-order valence-corrected chi connectivity index (χ2v) is 6.58. The first-order valence-corrected chi connectivity index (χ1v) is 9.95. The third-order valence-electron chi connectivity index (χ3n) is 4.04. The first-order valence-electron chi connectivity index (χ1n) is 9.95. The number of carbonyl (C=O) groups excluding carboxylic acids is 2. The third kappa shape index (κ3) is 8.66. The molecule has 0 aliphatic carbocycles. The highest BCUT2D eigenvalue weighted by molar-refractivity contribution is 6.35. The van der Waals surface area contributed by atoms with Crippen LogP contribution in [0.15, 0.2) is 46.6 Å². The summed E-state index contributed by atoms with van der Waals surface area (Å²) in [7, 11) is 2.76. The van der Waals surface area contributed by atoms with E-state index in [0.29, 0.717) is 16.9 Å². The van der Waals surface area contributed by atoms with Gasteiger partial charge in [-0.2, -0.15) is 10.2 Å². The molecule has 14 heteroatoms. The number of methoxy groups -OCH3 is 2. The van der Waals surface area contributed by atoms with Gasteiger partial charge in [-0.15, -0.1) is 0 Å². The molecule has 0 saturated heterocycles. The fraction of sp³-hybridized carbons (Fsp3) is 0.182. The van der Waals surface area contributed by atoms with Gasteiger partial charge in [0.25, 0.3) is 0 Å². The van der Waals surface area contributed by atoms with Crippen molar-refractivity contribution >= 4 is 36.2 Å². The Labute approximate surface area is 204 Å². The van der Waals surface area contributed by atoms with Crippen LogP contribution in [0.1, 0.15) is 11.1 Å². The van der Waals surface area contributed by atoms with Crippen LogP contribution in [-0.2, 0) is 19.2 Å². The lowest BCUT2D eigenvalue weighted by Gasteiger charge is -2.09. The predicted octanol–water partition coefficient (Wildman–Crippen LogP) is 0.231. The molecule has 14 nitrogen and oxygen atoms in total. The molecule has 0 bridgehead atoms. The first-order chi connectivity index (χ1) is 17.2. The Kier molecular flexibility index (Phi) is 10.2. The summed E-state index contributed by atoms with van der Waals surface area (Å²) in [5.41, 5.74) is 4.94. The smallest absolute Gasteiger partial charge is 0.341 e. The van der Waals surface area contributed by atoms with Crippen LogP contribution < -0.4 is 29.8 Å². The Morgan fingerprint density at radius 2 is 1.17 bits per heavy atom. The molecule has 4 N–H and O–H groups in total. The average molecular weight is 502 g/mol. The Morgan fingerprint density at radius 1 is 0.722 bits per heavy atom. The van der Waals surface area contributed by atoms with Crippen LogP contribution in [0.2, 0.25) is 0 Å². The topological polar surface area (TPSA) is 194 Å². The molecule has 0 atom stereocenters. The van der Waals surface area contributed by atoms with Crippen molar-refractivity contribution < 1.29 is 48.3 Å². The van der Waals surface area contributed by atoms with Crippen LogP contribution in [0.5, 0.6) is 23.0 Å². The molecule has 0 saturated carbocycles. The Morgan fingerprint density at radius 3 is 1.64 bits per heavy atom. The molecule has 190 valence electrons. The minimum atomic E-state index is -1.17. The Hall–Kier alpha value is -5.14. The molecular formula is C22H22N4O10. The molecule has 0 unspecified atom stereocenters. The number of hydrogen-bond acceptors (Lipinski definition) is 10. The standard InChI is InChI=1S/C22H22N4O10/c1-33-15-5-3-14(8-18(15)36-12-20(29)30)10-24-26-22(32)21(31)25-23-9-13-4-6-16(17(7-13)34-2)35-11-19(27)28/h3-10H,11-12H2,1-2H3,(H,25,31)(H,26,32)(H,27,28)(H,29,30)/b23-9+,24-10-. The summed E-state index contributed by atoms with van der Waals surface area (Å²) < 4.78 is 20.4. The van der Waals surface area contributed by atoms with E-state index in [2.05, 4.69) is 10.2 Å². The van der Waals surface area contributed by atoms with Gasteiger partial charge in [0.05, 0.1) is 26.6 Å². The van der Waals surface area contributed by atoms with Crippen LogP contribution in [-0.4, -0.2) is 73.8 Å². The summed E-state index contributed by atoms with van der Waals surface area (Å²) in [5, 5.41) is 24.8. The fourth-order valence-corrected chi connectivity index (χ4v) is 2.48. The summed E-state index contributed by atoms with van der Waals surface area (Å²) in [6.45, 7) is -1.13. The molecule has 2 aromatic carbocycles. The highest BCUT2D eigenvalue weighted by atomic mass is 16.5. The zero-order valence-electron chi connectivity index (χ0n) is 19.1. The van der Waals surface area contributed by atoms with E-state index in [1.165, 1.54) is 57.0 Å². The molecule has 0 radical (unpaired) electrons. The maximum Gasteiger partial charge on any atom is 0.341 e. The fourth-order valence-electron chi connectivity index (χ4n) is 2.48. The van der Waals surface area contributed by atoms with E-state index in [9.17, 15) is 19.2 Å². The van der Waals surface area contributed by atoms with E-state index < -0.39 is 37.0 Å². The summed E-state index contributed by atoms with van der Waals surface area (Å²) in [6.07, 6.45) is 2.44. The Bertz CT molecular complexity index is 1180. The van der Waals surface area contributed by atoms with E-state index >= 15 is 0 Å². The normalized spacial score (nSPS) is 10.6. The van der Waals surface area contributed by atoms with Gasteiger partial charge in [0.1, 0.15) is 0 Å². The zero-order valence-corrected chi connectivity index (χ0v) is 19.1. The molecule has 2 aromatic rings. The second kappa shape index (κ2) is 13.5. The van der Waals surface area contributed by atoms with Gasteiger partial charge in [0, 0.05) is 0 Å². The van der Waals surface area contributed by atoms with Crippen molar-refractivity contribution in [1.29, 1.82) is 0 Å². The number of benzene rings is 2. The van der Waals surface area contributed by atoms with Crippen molar-refractivity contribution in [3.63, 3.8) is 0 Å². The summed E-state index contributed by atoms with van der Waals surface area (Å²) in [5.74, 6) is -3.62. The van der Waals surface area contributed by atoms with Gasteiger partial charge in [-0.05, 0) is 47.5 Å².